The second-order valence-corrected chi connectivity index (χ2v) is 6.98. The van der Waals surface area contributed by atoms with Crippen molar-refractivity contribution in [2.45, 2.75) is 19.9 Å². The summed E-state index contributed by atoms with van der Waals surface area (Å²) in [6.07, 6.45) is 0.259. The van der Waals surface area contributed by atoms with Crippen LogP contribution in [-0.4, -0.2) is 21.4 Å². The van der Waals surface area contributed by atoms with Crippen LogP contribution >= 0.6 is 15.9 Å². The Morgan fingerprint density at radius 2 is 1.89 bits per heavy atom. The van der Waals surface area contributed by atoms with Crippen molar-refractivity contribution in [3.05, 3.63) is 62.4 Å². The van der Waals surface area contributed by atoms with E-state index in [0.29, 0.717) is 5.69 Å². The summed E-state index contributed by atoms with van der Waals surface area (Å²) in [5.74, 6) is -0.425. The van der Waals surface area contributed by atoms with E-state index in [0.717, 1.165) is 19.8 Å². The standard InChI is InChI=1S/C20H17BrN4O3/c1-12-15(11-22)19(27)25(9-4-10-26)20(28)18(12)24-23-17-8-7-16(21)13-5-2-3-6-14(13)17/h2-3,5-8,26-27H,4,9-10H2,1H3. The third-order valence-electron chi connectivity index (χ3n) is 4.41. The highest BCUT2D eigenvalue weighted by Gasteiger charge is 2.19. The molecular weight excluding hydrogens is 424 g/mol. The normalized spacial score (nSPS) is 11.2. The molecule has 7 nitrogen and oxygen atoms in total. The Balaban J connectivity index is 2.17. The molecule has 8 heteroatoms. The fraction of sp³-hybridized carbons (Fsp3) is 0.200. The molecule has 142 valence electrons. The first-order chi connectivity index (χ1) is 13.5. The Labute approximate surface area is 169 Å². The molecule has 3 rings (SSSR count). The number of hydrogen-bond donors (Lipinski definition) is 2. The summed E-state index contributed by atoms with van der Waals surface area (Å²) in [5, 5.41) is 38.8. The number of aliphatic hydroxyl groups excluding tert-OH is 1. The summed E-state index contributed by atoms with van der Waals surface area (Å²) in [4.78, 5) is 12.8. The van der Waals surface area contributed by atoms with Crippen LogP contribution in [0.4, 0.5) is 11.4 Å². The van der Waals surface area contributed by atoms with Crippen molar-refractivity contribution in [1.82, 2.24) is 4.57 Å². The van der Waals surface area contributed by atoms with Gasteiger partial charge in [-0.3, -0.25) is 9.36 Å². The number of rotatable bonds is 5. The molecule has 2 N–H and O–H groups in total. The van der Waals surface area contributed by atoms with Crippen molar-refractivity contribution in [3.63, 3.8) is 0 Å². The zero-order valence-corrected chi connectivity index (χ0v) is 16.6. The van der Waals surface area contributed by atoms with Crippen LogP contribution in [0, 0.1) is 18.3 Å². The molecule has 0 aliphatic heterocycles. The predicted molar refractivity (Wildman–Crippen MR) is 109 cm³/mol. The lowest BCUT2D eigenvalue weighted by atomic mass is 10.1. The lowest BCUT2D eigenvalue weighted by Crippen LogP contribution is -2.22. The molecule has 1 aromatic heterocycles. The molecule has 0 saturated carbocycles. The SMILES string of the molecule is Cc1c(C#N)c(O)n(CCCO)c(=O)c1N=Nc1ccc(Br)c2ccccc12. The fourth-order valence-electron chi connectivity index (χ4n) is 2.93. The van der Waals surface area contributed by atoms with E-state index in [1.165, 1.54) is 0 Å². The van der Waals surface area contributed by atoms with Crippen LogP contribution < -0.4 is 5.56 Å². The maximum absolute atomic E-state index is 12.8. The van der Waals surface area contributed by atoms with E-state index < -0.39 is 11.4 Å². The van der Waals surface area contributed by atoms with E-state index in [4.69, 9.17) is 5.11 Å². The van der Waals surface area contributed by atoms with Gasteiger partial charge in [0.05, 0.1) is 5.69 Å². The predicted octanol–water partition coefficient (Wildman–Crippen LogP) is 4.45. The molecule has 0 fully saturated rings. The maximum Gasteiger partial charge on any atom is 0.281 e. The Morgan fingerprint density at radius 3 is 2.57 bits per heavy atom. The molecule has 3 aromatic rings. The lowest BCUT2D eigenvalue weighted by Gasteiger charge is -2.12. The summed E-state index contributed by atoms with van der Waals surface area (Å²) in [6, 6.07) is 13.2. The number of nitrogens with zero attached hydrogens (tertiary/aromatic N) is 4. The fourth-order valence-corrected chi connectivity index (χ4v) is 3.41. The minimum Gasteiger partial charge on any atom is -0.493 e. The van der Waals surface area contributed by atoms with E-state index in [-0.39, 0.29) is 36.4 Å². The molecule has 1 heterocycles. The van der Waals surface area contributed by atoms with Crippen LogP contribution in [0.1, 0.15) is 17.5 Å². The number of aromatic hydroxyl groups is 1. The largest absolute Gasteiger partial charge is 0.493 e. The number of aromatic nitrogens is 1. The van der Waals surface area contributed by atoms with E-state index in [1.54, 1.807) is 13.0 Å². The zero-order valence-electron chi connectivity index (χ0n) is 15.1. The number of aliphatic hydroxyl groups is 1. The first kappa shape index (κ1) is 19.7. The van der Waals surface area contributed by atoms with Crippen molar-refractivity contribution in [2.24, 2.45) is 10.2 Å². The zero-order chi connectivity index (χ0) is 20.3. The van der Waals surface area contributed by atoms with Crippen molar-refractivity contribution in [3.8, 4) is 11.9 Å². The quantitative estimate of drug-likeness (QED) is 0.570. The number of azo groups is 1. The molecule has 0 saturated heterocycles. The molecule has 28 heavy (non-hydrogen) atoms. The van der Waals surface area contributed by atoms with Crippen LogP contribution in [0.3, 0.4) is 0 Å². The number of benzene rings is 2. The van der Waals surface area contributed by atoms with Gasteiger partial charge >= 0.3 is 0 Å². The van der Waals surface area contributed by atoms with Crippen LogP contribution in [0.5, 0.6) is 5.88 Å². The van der Waals surface area contributed by atoms with E-state index >= 15 is 0 Å². The average Bonchev–Trinajstić information content (AvgIpc) is 2.70. The molecule has 0 radical (unpaired) electrons. The van der Waals surface area contributed by atoms with E-state index in [1.807, 2.05) is 36.4 Å². The molecule has 0 aliphatic rings. The number of halogens is 1. The van der Waals surface area contributed by atoms with Crippen LogP contribution in [0.2, 0.25) is 0 Å². The Bertz CT molecular complexity index is 1180. The van der Waals surface area contributed by atoms with Crippen molar-refractivity contribution < 1.29 is 10.2 Å². The number of hydrogen-bond acceptors (Lipinski definition) is 6. The molecule has 0 spiro atoms. The molecule has 0 amide bonds. The number of pyridine rings is 1. The average molecular weight is 441 g/mol. The summed E-state index contributed by atoms with van der Waals surface area (Å²) in [5.41, 5.74) is 0.223. The van der Waals surface area contributed by atoms with Gasteiger partial charge in [-0.15, -0.1) is 10.2 Å². The summed E-state index contributed by atoms with van der Waals surface area (Å²) in [7, 11) is 0. The number of fused-ring (bicyclic) bond motifs is 1. The van der Waals surface area contributed by atoms with Crippen LogP contribution in [0.25, 0.3) is 10.8 Å². The molecule has 0 atom stereocenters. The Morgan fingerprint density at radius 1 is 1.18 bits per heavy atom. The maximum atomic E-state index is 12.8. The molecule has 0 aliphatic carbocycles. The first-order valence-electron chi connectivity index (χ1n) is 8.56. The topological polar surface area (TPSA) is 111 Å². The van der Waals surface area contributed by atoms with E-state index in [9.17, 15) is 15.2 Å². The smallest absolute Gasteiger partial charge is 0.281 e. The van der Waals surface area contributed by atoms with Crippen LogP contribution in [-0.2, 0) is 6.54 Å². The van der Waals surface area contributed by atoms with Crippen molar-refractivity contribution >= 4 is 38.1 Å². The van der Waals surface area contributed by atoms with Crippen LogP contribution in [0.15, 0.2) is 55.9 Å². The third-order valence-corrected chi connectivity index (χ3v) is 5.11. The highest BCUT2D eigenvalue weighted by molar-refractivity contribution is 9.10. The Kier molecular flexibility index (Phi) is 5.87. The molecule has 2 aromatic carbocycles. The first-order valence-corrected chi connectivity index (χ1v) is 9.35. The second kappa shape index (κ2) is 8.33. The van der Waals surface area contributed by atoms with Gasteiger partial charge in [0.15, 0.2) is 5.69 Å². The van der Waals surface area contributed by atoms with Crippen molar-refractivity contribution in [2.75, 3.05) is 6.61 Å². The van der Waals surface area contributed by atoms with E-state index in [2.05, 4.69) is 26.2 Å². The van der Waals surface area contributed by atoms with Gasteiger partial charge in [-0.2, -0.15) is 5.26 Å². The minimum atomic E-state index is -0.562. The van der Waals surface area contributed by atoms with Gasteiger partial charge in [-0.1, -0.05) is 40.2 Å². The van der Waals surface area contributed by atoms with Crippen molar-refractivity contribution in [1.29, 1.82) is 5.26 Å². The summed E-state index contributed by atoms with van der Waals surface area (Å²) in [6.45, 7) is 1.47. The second-order valence-electron chi connectivity index (χ2n) is 6.13. The molecule has 0 unspecified atom stereocenters. The Hall–Kier alpha value is -3.02. The summed E-state index contributed by atoms with van der Waals surface area (Å²) >= 11 is 3.50. The monoisotopic (exact) mass is 440 g/mol. The summed E-state index contributed by atoms with van der Waals surface area (Å²) < 4.78 is 1.96. The van der Waals surface area contributed by atoms with Gasteiger partial charge in [0.25, 0.3) is 5.56 Å². The third kappa shape index (κ3) is 3.54. The van der Waals surface area contributed by atoms with Gasteiger partial charge in [-0.25, -0.2) is 0 Å². The molecular formula is C20H17BrN4O3. The highest BCUT2D eigenvalue weighted by Crippen LogP contribution is 2.33. The van der Waals surface area contributed by atoms with Gasteiger partial charge in [0, 0.05) is 28.6 Å². The number of nitriles is 1. The molecule has 0 bridgehead atoms. The minimum absolute atomic E-state index is 0.0145. The lowest BCUT2D eigenvalue weighted by molar-refractivity contribution is 0.274. The van der Waals surface area contributed by atoms with Gasteiger partial charge in [0.1, 0.15) is 11.6 Å². The highest BCUT2D eigenvalue weighted by atomic mass is 79.9. The van der Waals surface area contributed by atoms with Gasteiger partial charge < -0.3 is 10.2 Å². The van der Waals surface area contributed by atoms with Gasteiger partial charge in [-0.05, 0) is 30.9 Å². The van der Waals surface area contributed by atoms with Gasteiger partial charge in [0.2, 0.25) is 5.88 Å².